The molecule has 42 heavy (non-hydrogen) atoms. The van der Waals surface area contributed by atoms with Gasteiger partial charge in [0.05, 0.1) is 38.9 Å². The summed E-state index contributed by atoms with van der Waals surface area (Å²) in [4.78, 5) is 13.9. The number of ether oxygens (including phenoxy) is 7. The summed E-state index contributed by atoms with van der Waals surface area (Å²) in [6.45, 7) is 0.484. The fourth-order valence-corrected chi connectivity index (χ4v) is 6.05. The lowest BCUT2D eigenvalue weighted by atomic mass is 9.81. The Labute approximate surface area is 241 Å². The smallest absolute Gasteiger partial charge is 0.187 e. The van der Waals surface area contributed by atoms with Crippen molar-refractivity contribution in [3.63, 3.8) is 0 Å². The van der Waals surface area contributed by atoms with Crippen LogP contribution in [0.5, 0.6) is 28.7 Å². The summed E-state index contributed by atoms with van der Waals surface area (Å²) < 4.78 is 40.8. The summed E-state index contributed by atoms with van der Waals surface area (Å²) in [5.74, 6) is 1.49. The van der Waals surface area contributed by atoms with E-state index in [1.54, 1.807) is 31.2 Å². The van der Waals surface area contributed by atoms with Gasteiger partial charge in [-0.15, -0.1) is 0 Å². The Morgan fingerprint density at radius 1 is 0.976 bits per heavy atom. The minimum Gasteiger partial charge on any atom is -0.493 e. The standard InChI is InChI=1S/C29H34O13/c1-29(11-31,42-28-26(35)25(34)24(33)19(9-30)41-28)21-7-14-15(39-21)5-4-12-23(32)22-13-6-17(36-2)18(37-3)8-16(13)38-10-20(22)40-27(12)14/h4-6,8,19-22,24-26,28,30-31,33-35H,7,9-11H2,1-3H3/t19-,20+,21+,22+,24+,25+,26-,28+,29-/m1/s1. The first kappa shape index (κ1) is 28.9. The SMILES string of the molecule is COc1cc2c(cc1OC)[C@@H]1C(=O)c3ccc4c(c3O[C@H]1CO2)C[C@@H]([C@@](C)(CO)O[C@@H]1O[C@H](CO)[C@H](O)[C@H](O)[C@H]1O)O4. The number of rotatable bonds is 7. The van der Waals surface area contributed by atoms with Gasteiger partial charge in [-0.05, 0) is 25.1 Å². The molecule has 0 amide bonds. The Morgan fingerprint density at radius 2 is 1.71 bits per heavy atom. The Morgan fingerprint density at radius 3 is 2.40 bits per heavy atom. The predicted octanol–water partition coefficient (Wildman–Crippen LogP) is -0.305. The van der Waals surface area contributed by atoms with Crippen LogP contribution in [0.3, 0.4) is 0 Å². The Balaban J connectivity index is 1.27. The highest BCUT2D eigenvalue weighted by Crippen LogP contribution is 2.50. The minimum atomic E-state index is -1.66. The van der Waals surface area contributed by atoms with Gasteiger partial charge in [0.25, 0.3) is 0 Å². The molecule has 4 heterocycles. The van der Waals surface area contributed by atoms with Crippen LogP contribution in [0.25, 0.3) is 0 Å². The van der Waals surface area contributed by atoms with Crippen molar-refractivity contribution in [2.75, 3.05) is 34.0 Å². The van der Waals surface area contributed by atoms with Gasteiger partial charge in [0, 0.05) is 23.6 Å². The number of hydrogen-bond acceptors (Lipinski definition) is 13. The molecule has 0 aromatic heterocycles. The van der Waals surface area contributed by atoms with Gasteiger partial charge in [-0.2, -0.15) is 0 Å². The molecule has 5 N–H and O–H groups in total. The van der Waals surface area contributed by atoms with Gasteiger partial charge in [-0.3, -0.25) is 4.79 Å². The van der Waals surface area contributed by atoms with Gasteiger partial charge >= 0.3 is 0 Å². The van der Waals surface area contributed by atoms with Crippen LogP contribution in [-0.2, 0) is 15.9 Å². The number of ketones is 1. The maximum absolute atomic E-state index is 13.9. The average Bonchev–Trinajstić information content (AvgIpc) is 3.46. The largest absolute Gasteiger partial charge is 0.493 e. The number of Topliss-reactive ketones (excluding diaryl/α,β-unsaturated/α-hetero) is 1. The summed E-state index contributed by atoms with van der Waals surface area (Å²) in [5.41, 5.74) is 0.153. The summed E-state index contributed by atoms with van der Waals surface area (Å²) in [5, 5.41) is 50.6. The zero-order chi connectivity index (χ0) is 29.9. The first-order valence-corrected chi connectivity index (χ1v) is 13.6. The summed E-state index contributed by atoms with van der Waals surface area (Å²) in [6.07, 6.45) is -8.76. The maximum Gasteiger partial charge on any atom is 0.187 e. The van der Waals surface area contributed by atoms with Crippen molar-refractivity contribution in [3.05, 3.63) is 41.0 Å². The van der Waals surface area contributed by atoms with Gasteiger partial charge in [0.2, 0.25) is 0 Å². The van der Waals surface area contributed by atoms with Crippen molar-refractivity contribution >= 4 is 5.78 Å². The summed E-state index contributed by atoms with van der Waals surface area (Å²) in [7, 11) is 3.04. The quantitative estimate of drug-likeness (QED) is 0.284. The highest BCUT2D eigenvalue weighted by Gasteiger charge is 2.51. The van der Waals surface area contributed by atoms with Crippen molar-refractivity contribution in [2.45, 2.75) is 67.8 Å². The van der Waals surface area contributed by atoms with Crippen molar-refractivity contribution in [3.8, 4) is 28.7 Å². The molecule has 0 unspecified atom stereocenters. The molecule has 0 aliphatic carbocycles. The molecule has 1 fully saturated rings. The number of hydrogen-bond donors (Lipinski definition) is 5. The number of aliphatic hydroxyl groups excluding tert-OH is 5. The summed E-state index contributed by atoms with van der Waals surface area (Å²) in [6, 6.07) is 6.72. The second-order valence-electron chi connectivity index (χ2n) is 11.1. The van der Waals surface area contributed by atoms with Gasteiger partial charge in [0.15, 0.2) is 23.6 Å². The highest BCUT2D eigenvalue weighted by atomic mass is 16.7. The first-order chi connectivity index (χ1) is 20.1. The molecule has 2 aromatic rings. The van der Waals surface area contributed by atoms with E-state index in [0.717, 1.165) is 0 Å². The van der Waals surface area contributed by atoms with Crippen LogP contribution in [0.4, 0.5) is 0 Å². The van der Waals surface area contributed by atoms with Crippen LogP contribution < -0.4 is 23.7 Å². The number of benzene rings is 2. The third-order valence-electron chi connectivity index (χ3n) is 8.55. The lowest BCUT2D eigenvalue weighted by Gasteiger charge is -2.44. The van der Waals surface area contributed by atoms with Gasteiger partial charge in [-0.1, -0.05) is 0 Å². The number of fused-ring (bicyclic) bond motifs is 6. The molecule has 13 heteroatoms. The van der Waals surface area contributed by atoms with Gasteiger partial charge in [-0.25, -0.2) is 0 Å². The third kappa shape index (κ3) is 4.47. The van der Waals surface area contributed by atoms with E-state index in [4.69, 9.17) is 33.2 Å². The molecule has 4 aliphatic rings. The Kier molecular flexibility index (Phi) is 7.46. The van der Waals surface area contributed by atoms with Crippen LogP contribution in [0.15, 0.2) is 24.3 Å². The van der Waals surface area contributed by atoms with Crippen molar-refractivity contribution in [1.29, 1.82) is 0 Å². The van der Waals surface area contributed by atoms with Crippen LogP contribution in [0, 0.1) is 0 Å². The van der Waals surface area contributed by atoms with E-state index < -0.39 is 67.6 Å². The van der Waals surface area contributed by atoms with Crippen LogP contribution in [0.2, 0.25) is 0 Å². The van der Waals surface area contributed by atoms with Crippen molar-refractivity contribution in [2.24, 2.45) is 0 Å². The number of aliphatic hydroxyl groups is 5. The molecular weight excluding hydrogens is 556 g/mol. The van der Waals surface area contributed by atoms with Crippen molar-refractivity contribution < 1.29 is 63.5 Å². The molecule has 13 nitrogen and oxygen atoms in total. The van der Waals surface area contributed by atoms with Gasteiger partial charge < -0.3 is 58.7 Å². The zero-order valence-corrected chi connectivity index (χ0v) is 23.3. The van der Waals surface area contributed by atoms with E-state index in [0.29, 0.717) is 45.4 Å². The molecule has 4 aliphatic heterocycles. The second kappa shape index (κ2) is 10.8. The Bertz CT molecular complexity index is 1360. The van der Waals surface area contributed by atoms with E-state index in [1.165, 1.54) is 14.2 Å². The highest BCUT2D eigenvalue weighted by molar-refractivity contribution is 6.06. The van der Waals surface area contributed by atoms with E-state index in [-0.39, 0.29) is 18.8 Å². The Hall–Kier alpha value is -3.17. The molecular formula is C29H34O13. The van der Waals surface area contributed by atoms with E-state index in [9.17, 15) is 30.3 Å². The van der Waals surface area contributed by atoms with E-state index >= 15 is 0 Å². The first-order valence-electron chi connectivity index (χ1n) is 13.6. The molecule has 6 rings (SSSR count). The molecule has 1 saturated heterocycles. The normalized spacial score (nSPS) is 32.6. The predicted molar refractivity (Wildman–Crippen MR) is 141 cm³/mol. The third-order valence-corrected chi connectivity index (χ3v) is 8.55. The van der Waals surface area contributed by atoms with Crippen LogP contribution >= 0.6 is 0 Å². The fourth-order valence-electron chi connectivity index (χ4n) is 6.05. The molecule has 0 radical (unpaired) electrons. The number of methoxy groups -OCH3 is 2. The monoisotopic (exact) mass is 590 g/mol. The molecule has 0 bridgehead atoms. The van der Waals surface area contributed by atoms with E-state index in [1.807, 2.05) is 0 Å². The molecule has 0 saturated carbocycles. The zero-order valence-electron chi connectivity index (χ0n) is 23.3. The second-order valence-corrected chi connectivity index (χ2v) is 11.1. The molecule has 9 atom stereocenters. The average molecular weight is 591 g/mol. The lowest BCUT2D eigenvalue weighted by Crippen LogP contribution is -2.62. The summed E-state index contributed by atoms with van der Waals surface area (Å²) >= 11 is 0. The van der Waals surface area contributed by atoms with Crippen LogP contribution in [-0.4, -0.2) is 114 Å². The maximum atomic E-state index is 13.9. The number of carbonyl (C=O) groups is 1. The van der Waals surface area contributed by atoms with Gasteiger partial charge in [0.1, 0.15) is 66.1 Å². The lowest BCUT2D eigenvalue weighted by molar-refractivity contribution is -0.335. The molecule has 228 valence electrons. The van der Waals surface area contributed by atoms with E-state index in [2.05, 4.69) is 0 Å². The fraction of sp³-hybridized carbons (Fsp3) is 0.552. The molecule has 0 spiro atoms. The van der Waals surface area contributed by atoms with Crippen LogP contribution in [0.1, 0.15) is 34.3 Å². The minimum absolute atomic E-state index is 0.126. The number of carbonyl (C=O) groups excluding carboxylic acids is 1. The molecule has 2 aromatic carbocycles. The van der Waals surface area contributed by atoms with Crippen molar-refractivity contribution in [1.82, 2.24) is 0 Å². The topological polar surface area (TPSA) is 183 Å².